The van der Waals surface area contributed by atoms with Crippen LogP contribution >= 0.6 is 11.3 Å². The normalized spacial score (nSPS) is 13.8. The van der Waals surface area contributed by atoms with Gasteiger partial charge in [0.15, 0.2) is 0 Å². The maximum Gasteiger partial charge on any atom is 0.317 e. The second kappa shape index (κ2) is 7.57. The van der Waals surface area contributed by atoms with E-state index >= 15 is 0 Å². The summed E-state index contributed by atoms with van der Waals surface area (Å²) in [4.78, 5) is 22.6. The zero-order valence-electron chi connectivity index (χ0n) is 14.2. The summed E-state index contributed by atoms with van der Waals surface area (Å²) in [7, 11) is 0. The molecule has 1 saturated heterocycles. The summed E-state index contributed by atoms with van der Waals surface area (Å²) in [5.41, 5.74) is 2.10. The van der Waals surface area contributed by atoms with Crippen LogP contribution in [0.4, 0.5) is 16.6 Å². The first kappa shape index (κ1) is 16.6. The highest BCUT2D eigenvalue weighted by Gasteiger charge is 2.18. The molecule has 1 aromatic carbocycles. The SMILES string of the molecule is O=C1NCCN1CCNc1nc(NCc2ccccc2)nc2ccsc12. The molecule has 3 N–H and O–H groups in total. The molecule has 1 aliphatic rings. The number of thiophene rings is 1. The Morgan fingerprint density at radius 3 is 2.85 bits per heavy atom. The Morgan fingerprint density at radius 2 is 2.04 bits per heavy atom. The summed E-state index contributed by atoms with van der Waals surface area (Å²) < 4.78 is 1.03. The van der Waals surface area contributed by atoms with E-state index in [1.54, 1.807) is 16.2 Å². The van der Waals surface area contributed by atoms with Crippen molar-refractivity contribution in [3.8, 4) is 0 Å². The molecule has 2 aromatic heterocycles. The summed E-state index contributed by atoms with van der Waals surface area (Å²) >= 11 is 1.61. The van der Waals surface area contributed by atoms with Crippen LogP contribution in [0, 0.1) is 0 Å². The van der Waals surface area contributed by atoms with E-state index in [-0.39, 0.29) is 6.03 Å². The molecule has 1 aliphatic heterocycles. The van der Waals surface area contributed by atoms with Gasteiger partial charge < -0.3 is 20.9 Å². The van der Waals surface area contributed by atoms with E-state index in [0.29, 0.717) is 25.6 Å². The Balaban J connectivity index is 1.44. The summed E-state index contributed by atoms with van der Waals surface area (Å²) in [6.07, 6.45) is 0. The number of fused-ring (bicyclic) bond motifs is 1. The van der Waals surface area contributed by atoms with Gasteiger partial charge in [-0.3, -0.25) is 0 Å². The molecule has 3 aromatic rings. The third-order valence-electron chi connectivity index (χ3n) is 4.22. The van der Waals surface area contributed by atoms with Crippen molar-refractivity contribution >= 4 is 39.4 Å². The average molecular weight is 368 g/mol. The molecule has 2 amide bonds. The van der Waals surface area contributed by atoms with Crippen molar-refractivity contribution in [2.75, 3.05) is 36.8 Å². The lowest BCUT2D eigenvalue weighted by atomic mass is 10.2. The fraction of sp³-hybridized carbons (Fsp3) is 0.278. The Hall–Kier alpha value is -2.87. The molecule has 3 heterocycles. The number of hydrogen-bond donors (Lipinski definition) is 3. The first-order chi connectivity index (χ1) is 12.8. The van der Waals surface area contributed by atoms with Gasteiger partial charge in [-0.15, -0.1) is 11.3 Å². The molecular weight excluding hydrogens is 348 g/mol. The molecule has 0 unspecified atom stereocenters. The van der Waals surface area contributed by atoms with E-state index < -0.39 is 0 Å². The highest BCUT2D eigenvalue weighted by molar-refractivity contribution is 7.17. The Morgan fingerprint density at radius 1 is 1.15 bits per heavy atom. The topological polar surface area (TPSA) is 82.2 Å². The van der Waals surface area contributed by atoms with Crippen LogP contribution in [0.5, 0.6) is 0 Å². The van der Waals surface area contributed by atoms with Crippen LogP contribution in [0.25, 0.3) is 10.2 Å². The molecule has 0 saturated carbocycles. The van der Waals surface area contributed by atoms with E-state index in [0.717, 1.165) is 29.1 Å². The number of rotatable bonds is 7. The summed E-state index contributed by atoms with van der Waals surface area (Å²) in [6.45, 7) is 3.44. The second-order valence-corrected chi connectivity index (χ2v) is 6.93. The van der Waals surface area contributed by atoms with E-state index in [9.17, 15) is 4.79 Å². The van der Waals surface area contributed by atoms with Crippen LogP contribution in [-0.2, 0) is 6.54 Å². The van der Waals surface area contributed by atoms with Crippen molar-refractivity contribution in [1.82, 2.24) is 20.2 Å². The monoisotopic (exact) mass is 368 g/mol. The van der Waals surface area contributed by atoms with Crippen molar-refractivity contribution < 1.29 is 4.79 Å². The van der Waals surface area contributed by atoms with Crippen molar-refractivity contribution in [2.24, 2.45) is 0 Å². The van der Waals surface area contributed by atoms with Crippen LogP contribution in [0.3, 0.4) is 0 Å². The minimum Gasteiger partial charge on any atom is -0.367 e. The zero-order chi connectivity index (χ0) is 17.8. The van der Waals surface area contributed by atoms with Crippen molar-refractivity contribution in [3.05, 3.63) is 47.3 Å². The quantitative estimate of drug-likeness (QED) is 0.597. The number of urea groups is 1. The molecule has 26 heavy (non-hydrogen) atoms. The number of aromatic nitrogens is 2. The van der Waals surface area contributed by atoms with Gasteiger partial charge in [-0.1, -0.05) is 30.3 Å². The summed E-state index contributed by atoms with van der Waals surface area (Å²) in [6, 6.07) is 12.2. The predicted octanol–water partition coefficient (Wildman–Crippen LogP) is 2.74. The van der Waals surface area contributed by atoms with Gasteiger partial charge in [-0.2, -0.15) is 4.98 Å². The van der Waals surface area contributed by atoms with E-state index in [2.05, 4.69) is 38.1 Å². The van der Waals surface area contributed by atoms with Crippen molar-refractivity contribution in [3.63, 3.8) is 0 Å². The van der Waals surface area contributed by atoms with E-state index in [1.165, 1.54) is 5.56 Å². The van der Waals surface area contributed by atoms with Gasteiger partial charge in [-0.25, -0.2) is 9.78 Å². The van der Waals surface area contributed by atoms with Crippen LogP contribution in [-0.4, -0.2) is 47.1 Å². The molecule has 8 heteroatoms. The van der Waals surface area contributed by atoms with Crippen LogP contribution in [0.15, 0.2) is 41.8 Å². The predicted molar refractivity (Wildman–Crippen MR) is 105 cm³/mol. The van der Waals surface area contributed by atoms with Gasteiger partial charge in [0.05, 0.1) is 10.2 Å². The Kier molecular flexibility index (Phi) is 4.83. The smallest absolute Gasteiger partial charge is 0.317 e. The lowest BCUT2D eigenvalue weighted by molar-refractivity contribution is 0.219. The lowest BCUT2D eigenvalue weighted by Crippen LogP contribution is -2.32. The number of carbonyl (C=O) groups excluding carboxylic acids is 1. The third-order valence-corrected chi connectivity index (χ3v) is 5.13. The molecule has 0 spiro atoms. The fourth-order valence-corrected chi connectivity index (χ4v) is 3.67. The maximum absolute atomic E-state index is 11.6. The first-order valence-electron chi connectivity index (χ1n) is 8.59. The maximum atomic E-state index is 11.6. The molecule has 4 rings (SSSR count). The molecule has 134 valence electrons. The standard InChI is InChI=1S/C18H20N6OS/c25-18-20-8-10-24(18)9-7-19-16-15-14(6-11-26-15)22-17(23-16)21-12-13-4-2-1-3-5-13/h1-6,11H,7-10,12H2,(H,20,25)(H2,19,21,22,23). The fourth-order valence-electron chi connectivity index (χ4n) is 2.87. The molecule has 0 radical (unpaired) electrons. The minimum absolute atomic E-state index is 0.000903. The molecule has 0 aliphatic carbocycles. The van der Waals surface area contributed by atoms with Gasteiger partial charge in [-0.05, 0) is 17.0 Å². The summed E-state index contributed by atoms with van der Waals surface area (Å²) in [5, 5.41) is 11.5. The number of nitrogens with zero attached hydrogens (tertiary/aromatic N) is 3. The molecule has 0 bridgehead atoms. The minimum atomic E-state index is 0.000903. The number of hydrogen-bond acceptors (Lipinski definition) is 6. The number of benzene rings is 1. The molecular formula is C18H20N6OS. The lowest BCUT2D eigenvalue weighted by Gasteiger charge is -2.15. The largest absolute Gasteiger partial charge is 0.367 e. The Bertz CT molecular complexity index is 897. The summed E-state index contributed by atoms with van der Waals surface area (Å²) in [5.74, 6) is 1.40. The van der Waals surface area contributed by atoms with Crippen LogP contribution in [0.2, 0.25) is 0 Å². The van der Waals surface area contributed by atoms with Gasteiger partial charge in [0.1, 0.15) is 5.82 Å². The average Bonchev–Trinajstić information content (AvgIpc) is 3.30. The molecule has 7 nitrogen and oxygen atoms in total. The van der Waals surface area contributed by atoms with Gasteiger partial charge in [0.2, 0.25) is 5.95 Å². The number of carbonyl (C=O) groups is 1. The van der Waals surface area contributed by atoms with Crippen LogP contribution < -0.4 is 16.0 Å². The van der Waals surface area contributed by atoms with Crippen LogP contribution in [0.1, 0.15) is 5.56 Å². The number of nitrogens with one attached hydrogen (secondary N) is 3. The highest BCUT2D eigenvalue weighted by atomic mass is 32.1. The number of amides is 2. The van der Waals surface area contributed by atoms with Gasteiger partial charge in [0.25, 0.3) is 0 Å². The number of anilines is 2. The highest BCUT2D eigenvalue weighted by Crippen LogP contribution is 2.27. The van der Waals surface area contributed by atoms with Gasteiger partial charge in [0, 0.05) is 32.7 Å². The van der Waals surface area contributed by atoms with E-state index in [4.69, 9.17) is 0 Å². The van der Waals surface area contributed by atoms with Gasteiger partial charge >= 0.3 is 6.03 Å². The zero-order valence-corrected chi connectivity index (χ0v) is 15.1. The molecule has 0 atom stereocenters. The second-order valence-electron chi connectivity index (χ2n) is 6.02. The molecule has 1 fully saturated rings. The third kappa shape index (κ3) is 3.70. The van der Waals surface area contributed by atoms with E-state index in [1.807, 2.05) is 29.6 Å². The van der Waals surface area contributed by atoms with Crippen molar-refractivity contribution in [1.29, 1.82) is 0 Å². The first-order valence-corrected chi connectivity index (χ1v) is 9.47. The van der Waals surface area contributed by atoms with Crippen molar-refractivity contribution in [2.45, 2.75) is 6.54 Å². The Labute approximate surface area is 155 Å².